The summed E-state index contributed by atoms with van der Waals surface area (Å²) < 4.78 is 0. The molecule has 12 heavy (non-hydrogen) atoms. The van der Waals surface area contributed by atoms with E-state index in [9.17, 15) is 0 Å². The second-order valence-electron chi connectivity index (χ2n) is 3.98. The fourth-order valence-electron chi connectivity index (χ4n) is 2.06. The summed E-state index contributed by atoms with van der Waals surface area (Å²) in [6.45, 7) is 4.90. The lowest BCUT2D eigenvalue weighted by atomic mass is 9.96. The number of hydrogen-bond acceptors (Lipinski definition) is 1. The molecule has 1 aliphatic carbocycles. The number of hydrogen-bond donors (Lipinski definition) is 0. The molecule has 0 aliphatic heterocycles. The van der Waals surface area contributed by atoms with Crippen LogP contribution in [0, 0.1) is 6.92 Å². The van der Waals surface area contributed by atoms with Crippen molar-refractivity contribution in [2.45, 2.75) is 51.0 Å². The second kappa shape index (κ2) is 5.58. The molecule has 1 heteroatoms. The van der Waals surface area contributed by atoms with Gasteiger partial charge in [-0.05, 0) is 33.4 Å². The molecule has 0 aromatic carbocycles. The van der Waals surface area contributed by atoms with Crippen LogP contribution in [-0.2, 0) is 0 Å². The highest BCUT2D eigenvalue weighted by atomic mass is 15.1. The normalized spacial score (nSPS) is 22.2. The second-order valence-corrected chi connectivity index (χ2v) is 3.98. The minimum atomic E-state index is 0.822. The van der Waals surface area contributed by atoms with Crippen LogP contribution in [0.4, 0.5) is 0 Å². The van der Waals surface area contributed by atoms with E-state index < -0.39 is 0 Å². The van der Waals surface area contributed by atoms with Gasteiger partial charge < -0.3 is 4.90 Å². The molecule has 1 rings (SSSR count). The predicted molar refractivity (Wildman–Crippen MR) is 54.1 cm³/mol. The van der Waals surface area contributed by atoms with Crippen LogP contribution in [0.3, 0.4) is 0 Å². The molecule has 0 unspecified atom stereocenters. The SMILES string of the molecule is [CH2]CN(C)C1CCCCCCC1. The average Bonchev–Trinajstić information content (AvgIpc) is 2.02. The molecule has 0 aromatic heterocycles. The Labute approximate surface area is 77.1 Å². The zero-order chi connectivity index (χ0) is 8.81. The van der Waals surface area contributed by atoms with Crippen molar-refractivity contribution in [2.75, 3.05) is 13.6 Å². The van der Waals surface area contributed by atoms with Crippen LogP contribution in [0.1, 0.15) is 44.9 Å². The van der Waals surface area contributed by atoms with Crippen molar-refractivity contribution < 1.29 is 0 Å². The molecule has 1 saturated carbocycles. The highest BCUT2D eigenvalue weighted by molar-refractivity contribution is 4.71. The first-order valence-electron chi connectivity index (χ1n) is 5.34. The van der Waals surface area contributed by atoms with Gasteiger partial charge in [-0.25, -0.2) is 0 Å². The average molecular weight is 168 g/mol. The van der Waals surface area contributed by atoms with Crippen LogP contribution in [0.25, 0.3) is 0 Å². The third-order valence-electron chi connectivity index (χ3n) is 3.05. The fourth-order valence-corrected chi connectivity index (χ4v) is 2.06. The first kappa shape index (κ1) is 10.0. The quantitative estimate of drug-likeness (QED) is 0.613. The van der Waals surface area contributed by atoms with Gasteiger partial charge >= 0.3 is 0 Å². The van der Waals surface area contributed by atoms with Gasteiger partial charge in [0.2, 0.25) is 0 Å². The van der Waals surface area contributed by atoms with E-state index in [-0.39, 0.29) is 0 Å². The standard InChI is InChI=1S/C11H22N/c1-3-12(2)11-9-7-5-4-6-8-10-11/h11H,1,3-10H2,2H3. The molecule has 0 amide bonds. The minimum Gasteiger partial charge on any atom is -0.303 e. The topological polar surface area (TPSA) is 3.24 Å². The maximum absolute atomic E-state index is 3.94. The molecule has 1 radical (unpaired) electrons. The van der Waals surface area contributed by atoms with E-state index in [1.165, 1.54) is 44.9 Å². The summed E-state index contributed by atoms with van der Waals surface area (Å²) in [6.07, 6.45) is 9.99. The van der Waals surface area contributed by atoms with Crippen molar-refractivity contribution in [3.63, 3.8) is 0 Å². The Morgan fingerprint density at radius 3 is 2.08 bits per heavy atom. The zero-order valence-corrected chi connectivity index (χ0v) is 8.39. The van der Waals surface area contributed by atoms with Crippen LogP contribution in [0.15, 0.2) is 0 Å². The molecule has 0 saturated heterocycles. The van der Waals surface area contributed by atoms with Gasteiger partial charge in [0, 0.05) is 6.04 Å². The Morgan fingerprint density at radius 1 is 1.08 bits per heavy atom. The van der Waals surface area contributed by atoms with E-state index in [1.54, 1.807) is 0 Å². The van der Waals surface area contributed by atoms with Crippen LogP contribution in [0.5, 0.6) is 0 Å². The van der Waals surface area contributed by atoms with Gasteiger partial charge in [-0.1, -0.05) is 32.1 Å². The summed E-state index contributed by atoms with van der Waals surface area (Å²) >= 11 is 0. The molecule has 0 N–H and O–H groups in total. The molecular weight excluding hydrogens is 146 g/mol. The molecular formula is C11H22N. The van der Waals surface area contributed by atoms with Gasteiger partial charge in [-0.3, -0.25) is 0 Å². The Balaban J connectivity index is 2.29. The Bertz CT molecular complexity index is 104. The van der Waals surface area contributed by atoms with Gasteiger partial charge in [0.05, 0.1) is 0 Å². The van der Waals surface area contributed by atoms with E-state index in [0.29, 0.717) is 0 Å². The lowest BCUT2D eigenvalue weighted by Gasteiger charge is -2.28. The first-order valence-corrected chi connectivity index (χ1v) is 5.34. The van der Waals surface area contributed by atoms with E-state index in [2.05, 4.69) is 18.9 Å². The largest absolute Gasteiger partial charge is 0.303 e. The van der Waals surface area contributed by atoms with Gasteiger partial charge in [0.1, 0.15) is 0 Å². The lowest BCUT2D eigenvalue weighted by molar-refractivity contribution is 0.221. The monoisotopic (exact) mass is 168 g/mol. The Kier molecular flexibility index (Phi) is 4.67. The molecule has 1 fully saturated rings. The molecule has 0 aromatic rings. The maximum atomic E-state index is 3.94. The van der Waals surface area contributed by atoms with Gasteiger partial charge in [0.25, 0.3) is 0 Å². The zero-order valence-electron chi connectivity index (χ0n) is 8.39. The van der Waals surface area contributed by atoms with Crippen molar-refractivity contribution in [1.82, 2.24) is 4.90 Å². The Hall–Kier alpha value is -0.0400. The summed E-state index contributed by atoms with van der Waals surface area (Å²) in [5.74, 6) is 0. The summed E-state index contributed by atoms with van der Waals surface area (Å²) in [4.78, 5) is 2.41. The molecule has 1 aliphatic rings. The predicted octanol–water partition coefficient (Wildman–Crippen LogP) is 2.87. The van der Waals surface area contributed by atoms with Gasteiger partial charge in [0.15, 0.2) is 0 Å². The first-order chi connectivity index (χ1) is 5.84. The molecule has 71 valence electrons. The van der Waals surface area contributed by atoms with E-state index in [0.717, 1.165) is 12.6 Å². The third-order valence-corrected chi connectivity index (χ3v) is 3.05. The maximum Gasteiger partial charge on any atom is 0.00922 e. The fraction of sp³-hybridized carbons (Fsp3) is 0.909. The van der Waals surface area contributed by atoms with Crippen molar-refractivity contribution in [3.8, 4) is 0 Å². The van der Waals surface area contributed by atoms with Crippen LogP contribution in [-0.4, -0.2) is 24.5 Å². The van der Waals surface area contributed by atoms with E-state index >= 15 is 0 Å². The molecule has 1 nitrogen and oxygen atoms in total. The van der Waals surface area contributed by atoms with E-state index in [1.807, 2.05) is 0 Å². The molecule has 0 heterocycles. The smallest absolute Gasteiger partial charge is 0.00922 e. The Morgan fingerprint density at radius 2 is 1.58 bits per heavy atom. The third kappa shape index (κ3) is 3.14. The number of rotatable bonds is 2. The van der Waals surface area contributed by atoms with Crippen molar-refractivity contribution in [1.29, 1.82) is 0 Å². The van der Waals surface area contributed by atoms with Crippen molar-refractivity contribution in [2.24, 2.45) is 0 Å². The molecule has 0 atom stereocenters. The van der Waals surface area contributed by atoms with Crippen molar-refractivity contribution >= 4 is 0 Å². The summed E-state index contributed by atoms with van der Waals surface area (Å²) in [5.41, 5.74) is 0. The minimum absolute atomic E-state index is 0.822. The molecule has 0 bridgehead atoms. The van der Waals surface area contributed by atoms with Crippen LogP contribution < -0.4 is 0 Å². The van der Waals surface area contributed by atoms with Crippen molar-refractivity contribution in [3.05, 3.63) is 6.92 Å². The molecule has 0 spiro atoms. The summed E-state index contributed by atoms with van der Waals surface area (Å²) in [5, 5.41) is 0. The lowest BCUT2D eigenvalue weighted by Crippen LogP contribution is -2.32. The summed E-state index contributed by atoms with van der Waals surface area (Å²) in [7, 11) is 2.21. The van der Waals surface area contributed by atoms with Gasteiger partial charge in [-0.15, -0.1) is 0 Å². The summed E-state index contributed by atoms with van der Waals surface area (Å²) in [6, 6.07) is 0.822. The highest BCUT2D eigenvalue weighted by Gasteiger charge is 2.13. The number of nitrogens with zero attached hydrogens (tertiary/aromatic N) is 1. The highest BCUT2D eigenvalue weighted by Crippen LogP contribution is 2.20. The van der Waals surface area contributed by atoms with Crippen LogP contribution >= 0.6 is 0 Å². The van der Waals surface area contributed by atoms with Gasteiger partial charge in [-0.2, -0.15) is 0 Å². The van der Waals surface area contributed by atoms with E-state index in [4.69, 9.17) is 0 Å². The van der Waals surface area contributed by atoms with Crippen LogP contribution in [0.2, 0.25) is 0 Å².